The van der Waals surface area contributed by atoms with Crippen LogP contribution in [-0.2, 0) is 4.74 Å². The summed E-state index contributed by atoms with van der Waals surface area (Å²) in [5.74, 6) is 0. The summed E-state index contributed by atoms with van der Waals surface area (Å²) in [6.07, 6.45) is 6.93. The molecule has 4 aromatic rings. The summed E-state index contributed by atoms with van der Waals surface area (Å²) in [4.78, 5) is 9.85. The number of rotatable bonds is 4. The minimum atomic E-state index is -0.0500. The Hall–Kier alpha value is -3.31. The van der Waals surface area contributed by atoms with E-state index in [0.29, 0.717) is 0 Å². The van der Waals surface area contributed by atoms with E-state index >= 15 is 0 Å². The van der Waals surface area contributed by atoms with Gasteiger partial charge >= 0.3 is 0 Å². The van der Waals surface area contributed by atoms with E-state index in [1.807, 2.05) is 60.4 Å². The first kappa shape index (κ1) is 18.7. The first-order chi connectivity index (χ1) is 14.8. The van der Waals surface area contributed by atoms with Crippen LogP contribution < -0.4 is 0 Å². The second kappa shape index (κ2) is 8.20. The van der Waals surface area contributed by atoms with Crippen molar-refractivity contribution in [3.05, 3.63) is 89.7 Å². The van der Waals surface area contributed by atoms with Gasteiger partial charge in [0.15, 0.2) is 11.9 Å². The average Bonchev–Trinajstić information content (AvgIpc) is 3.24. The van der Waals surface area contributed by atoms with Crippen molar-refractivity contribution in [2.45, 2.75) is 32.4 Å². The number of fused-ring (bicyclic) bond motifs is 1. The highest BCUT2D eigenvalue weighted by Gasteiger charge is 2.21. The third-order valence-corrected chi connectivity index (χ3v) is 5.52. The summed E-state index contributed by atoms with van der Waals surface area (Å²) in [6, 6.07) is 20.6. The van der Waals surface area contributed by atoms with E-state index in [9.17, 15) is 0 Å². The molecule has 1 saturated heterocycles. The van der Waals surface area contributed by atoms with Gasteiger partial charge in [0, 0.05) is 23.9 Å². The molecule has 30 heavy (non-hydrogen) atoms. The first-order valence-corrected chi connectivity index (χ1v) is 10.5. The maximum absolute atomic E-state index is 5.94. The zero-order valence-electron chi connectivity index (χ0n) is 17.0. The van der Waals surface area contributed by atoms with Crippen LogP contribution in [0.4, 0.5) is 5.69 Å². The maximum atomic E-state index is 5.94. The topological polar surface area (TPSA) is 52.3 Å². The van der Waals surface area contributed by atoms with Crippen molar-refractivity contribution >= 4 is 22.4 Å². The average molecular weight is 396 g/mol. The lowest BCUT2D eigenvalue weighted by Gasteiger charge is -2.23. The van der Waals surface area contributed by atoms with Gasteiger partial charge in [-0.05, 0) is 31.7 Å². The van der Waals surface area contributed by atoms with Crippen LogP contribution >= 0.6 is 0 Å². The lowest BCUT2D eigenvalue weighted by Crippen LogP contribution is -2.19. The van der Waals surface area contributed by atoms with Crippen LogP contribution in [0, 0.1) is 6.92 Å². The Morgan fingerprint density at radius 3 is 2.30 bits per heavy atom. The molecule has 5 nitrogen and oxygen atoms in total. The summed E-state index contributed by atoms with van der Waals surface area (Å²) >= 11 is 0. The Balaban J connectivity index is 1.68. The molecule has 1 aliphatic rings. The Kier molecular flexibility index (Phi) is 5.11. The van der Waals surface area contributed by atoms with Gasteiger partial charge in [0.2, 0.25) is 0 Å². The number of ether oxygens (including phenoxy) is 1. The standard InChI is InChI=1S/C25H24N4O/c1-18-16-26-25-21(17-27-29(25)22-14-8-9-15-30-22)23(18)28-24(19-10-4-2-5-11-19)20-12-6-3-7-13-20/h2-7,10-13,16-17,22H,8-9,14-15H2,1H3. The third kappa shape index (κ3) is 3.53. The molecular formula is C25H24N4O. The fourth-order valence-corrected chi connectivity index (χ4v) is 3.96. The van der Waals surface area contributed by atoms with E-state index in [-0.39, 0.29) is 6.23 Å². The molecule has 3 heterocycles. The van der Waals surface area contributed by atoms with Crippen molar-refractivity contribution < 1.29 is 4.74 Å². The largest absolute Gasteiger partial charge is 0.356 e. The molecular weight excluding hydrogens is 372 g/mol. The molecule has 0 N–H and O–H groups in total. The van der Waals surface area contributed by atoms with Crippen LogP contribution in [0.5, 0.6) is 0 Å². The number of benzene rings is 2. The molecule has 2 aromatic heterocycles. The fraction of sp³-hybridized carbons (Fsp3) is 0.240. The van der Waals surface area contributed by atoms with Gasteiger partial charge in [0.1, 0.15) is 0 Å². The number of nitrogens with zero attached hydrogens (tertiary/aromatic N) is 4. The zero-order chi connectivity index (χ0) is 20.3. The number of aromatic nitrogens is 3. The highest BCUT2D eigenvalue weighted by atomic mass is 16.5. The van der Waals surface area contributed by atoms with Crippen LogP contribution in [-0.4, -0.2) is 27.1 Å². The second-order valence-electron chi connectivity index (χ2n) is 7.63. The Morgan fingerprint density at radius 2 is 1.67 bits per heavy atom. The third-order valence-electron chi connectivity index (χ3n) is 5.52. The molecule has 0 amide bonds. The second-order valence-corrected chi connectivity index (χ2v) is 7.63. The van der Waals surface area contributed by atoms with Crippen molar-refractivity contribution in [2.75, 3.05) is 6.61 Å². The number of hydrogen-bond donors (Lipinski definition) is 0. The molecule has 5 heteroatoms. The van der Waals surface area contributed by atoms with E-state index in [1.165, 1.54) is 0 Å². The molecule has 0 radical (unpaired) electrons. The monoisotopic (exact) mass is 396 g/mol. The summed E-state index contributed by atoms with van der Waals surface area (Å²) in [7, 11) is 0. The number of aryl methyl sites for hydroxylation is 1. The van der Waals surface area contributed by atoms with Gasteiger partial charge in [-0.1, -0.05) is 60.7 Å². The maximum Gasteiger partial charge on any atom is 0.162 e. The molecule has 1 atom stereocenters. The van der Waals surface area contributed by atoms with Crippen molar-refractivity contribution in [2.24, 2.45) is 4.99 Å². The normalized spacial score (nSPS) is 16.5. The quantitative estimate of drug-likeness (QED) is 0.421. The Bertz CT molecular complexity index is 1130. The van der Waals surface area contributed by atoms with Crippen LogP contribution in [0.3, 0.4) is 0 Å². The van der Waals surface area contributed by atoms with Gasteiger partial charge in [-0.2, -0.15) is 5.10 Å². The molecule has 0 saturated carbocycles. The lowest BCUT2D eigenvalue weighted by atomic mass is 10.0. The van der Waals surface area contributed by atoms with Gasteiger partial charge in [-0.15, -0.1) is 0 Å². The molecule has 0 bridgehead atoms. The predicted octanol–water partition coefficient (Wildman–Crippen LogP) is 5.61. The van der Waals surface area contributed by atoms with Gasteiger partial charge in [0.05, 0.1) is 23.0 Å². The van der Waals surface area contributed by atoms with E-state index in [2.05, 4.69) is 34.3 Å². The first-order valence-electron chi connectivity index (χ1n) is 10.5. The van der Waals surface area contributed by atoms with Crippen molar-refractivity contribution in [3.63, 3.8) is 0 Å². The van der Waals surface area contributed by atoms with Crippen molar-refractivity contribution in [1.82, 2.24) is 14.8 Å². The summed E-state index contributed by atoms with van der Waals surface area (Å²) in [5.41, 5.74) is 5.85. The number of hydrogen-bond acceptors (Lipinski definition) is 4. The molecule has 5 rings (SSSR count). The summed E-state index contributed by atoms with van der Waals surface area (Å²) in [6.45, 7) is 2.82. The zero-order valence-corrected chi connectivity index (χ0v) is 17.0. The molecule has 0 spiro atoms. The van der Waals surface area contributed by atoms with Crippen molar-refractivity contribution in [1.29, 1.82) is 0 Å². The molecule has 2 aromatic carbocycles. The van der Waals surface area contributed by atoms with Gasteiger partial charge in [0.25, 0.3) is 0 Å². The summed E-state index contributed by atoms with van der Waals surface area (Å²) < 4.78 is 7.86. The highest BCUT2D eigenvalue weighted by Crippen LogP contribution is 2.33. The van der Waals surface area contributed by atoms with Crippen LogP contribution in [0.2, 0.25) is 0 Å². The Labute approximate surface area is 176 Å². The number of aliphatic imine (C=N–C) groups is 1. The van der Waals surface area contributed by atoms with E-state index in [1.54, 1.807) is 0 Å². The van der Waals surface area contributed by atoms with Crippen molar-refractivity contribution in [3.8, 4) is 0 Å². The molecule has 1 unspecified atom stereocenters. The van der Waals surface area contributed by atoms with Gasteiger partial charge in [-0.3, -0.25) is 0 Å². The number of pyridine rings is 1. The molecule has 150 valence electrons. The van der Waals surface area contributed by atoms with E-state index in [4.69, 9.17) is 9.73 Å². The minimum Gasteiger partial charge on any atom is -0.356 e. The van der Waals surface area contributed by atoms with E-state index < -0.39 is 0 Å². The fourth-order valence-electron chi connectivity index (χ4n) is 3.96. The van der Waals surface area contributed by atoms with E-state index in [0.717, 1.165) is 65.0 Å². The smallest absolute Gasteiger partial charge is 0.162 e. The SMILES string of the molecule is Cc1cnc2c(cnn2C2CCCCO2)c1N=C(c1ccccc1)c1ccccc1. The lowest BCUT2D eigenvalue weighted by molar-refractivity contribution is -0.0370. The van der Waals surface area contributed by atoms with Crippen LogP contribution in [0.15, 0.2) is 78.0 Å². The van der Waals surface area contributed by atoms with Gasteiger partial charge in [-0.25, -0.2) is 14.7 Å². The predicted molar refractivity (Wildman–Crippen MR) is 119 cm³/mol. The molecule has 0 aliphatic carbocycles. The van der Waals surface area contributed by atoms with Crippen LogP contribution in [0.25, 0.3) is 11.0 Å². The summed E-state index contributed by atoms with van der Waals surface area (Å²) in [5, 5.41) is 5.59. The highest BCUT2D eigenvalue weighted by molar-refractivity contribution is 6.15. The minimum absolute atomic E-state index is 0.0500. The molecule has 1 aliphatic heterocycles. The molecule has 1 fully saturated rings. The van der Waals surface area contributed by atoms with Crippen LogP contribution in [0.1, 0.15) is 42.2 Å². The van der Waals surface area contributed by atoms with Gasteiger partial charge < -0.3 is 4.74 Å². The Morgan fingerprint density at radius 1 is 0.967 bits per heavy atom.